The van der Waals surface area contributed by atoms with Crippen LogP contribution in [0.3, 0.4) is 0 Å². The van der Waals surface area contributed by atoms with E-state index >= 15 is 0 Å². The second-order valence-electron chi connectivity index (χ2n) is 10.9. The van der Waals surface area contributed by atoms with Crippen molar-refractivity contribution in [2.75, 3.05) is 38.2 Å². The maximum Gasteiger partial charge on any atom is 0.453 e. The van der Waals surface area contributed by atoms with Crippen LogP contribution >= 0.6 is 11.8 Å². The molecule has 11 heteroatoms. The van der Waals surface area contributed by atoms with E-state index < -0.39 is 18.5 Å². The van der Waals surface area contributed by atoms with Gasteiger partial charge in [-0.15, -0.1) is 0 Å². The zero-order valence-electron chi connectivity index (χ0n) is 24.7. The van der Waals surface area contributed by atoms with Gasteiger partial charge < -0.3 is 24.4 Å². The summed E-state index contributed by atoms with van der Waals surface area (Å²) < 4.78 is 70.6. The van der Waals surface area contributed by atoms with Crippen LogP contribution in [0.15, 0.2) is 66.7 Å². The molecule has 0 atom stereocenters. The highest BCUT2D eigenvalue weighted by Gasteiger charge is 2.56. The van der Waals surface area contributed by atoms with E-state index in [1.54, 1.807) is 24.3 Å². The predicted octanol–water partition coefficient (Wildman–Crippen LogP) is 8.49. The largest absolute Gasteiger partial charge is 0.508 e. The van der Waals surface area contributed by atoms with Gasteiger partial charge in [0.1, 0.15) is 23.9 Å². The first-order chi connectivity index (χ1) is 20.9. The highest BCUT2D eigenvalue weighted by molar-refractivity contribution is 7.99. The second-order valence-corrected chi connectivity index (χ2v) is 12.1. The van der Waals surface area contributed by atoms with Crippen molar-refractivity contribution in [2.24, 2.45) is 0 Å². The third-order valence-corrected chi connectivity index (χ3v) is 8.62. The number of benzene rings is 3. The quantitative estimate of drug-likeness (QED) is 0.101. The molecule has 2 N–H and O–H groups in total. The number of fused-ring (bicyclic) bond motifs is 1. The second kappa shape index (κ2) is 14.6. The Labute approximate surface area is 258 Å². The standard InChI is InChI=1S/C33H37F5N2O3S/c1-23-29-21-27(42)11-14-30(29)40(31(23)25-7-9-26(41)10-8-25)22-24-5-12-28(13-6-24)43-18-17-39(2)16-4-20-44-19-3-15-32(34,35)33(36,37)38/h5-14,21,41-42H,3-4,15-20,22H2,1-2H3. The lowest BCUT2D eigenvalue weighted by Crippen LogP contribution is -2.36. The molecular weight excluding hydrogens is 599 g/mol. The number of phenols is 2. The molecule has 4 rings (SSSR count). The molecule has 0 spiro atoms. The van der Waals surface area contributed by atoms with E-state index in [1.807, 2.05) is 56.4 Å². The van der Waals surface area contributed by atoms with Gasteiger partial charge in [0.05, 0.1) is 5.69 Å². The van der Waals surface area contributed by atoms with Gasteiger partial charge in [0, 0.05) is 30.4 Å². The Kier molecular flexibility index (Phi) is 11.1. The van der Waals surface area contributed by atoms with E-state index in [1.165, 1.54) is 11.8 Å². The van der Waals surface area contributed by atoms with Gasteiger partial charge in [-0.3, -0.25) is 0 Å². The summed E-state index contributed by atoms with van der Waals surface area (Å²) in [5, 5.41) is 20.8. The molecule has 1 aromatic heterocycles. The van der Waals surface area contributed by atoms with Gasteiger partial charge in [-0.2, -0.15) is 33.7 Å². The Hall–Kier alpha value is -3.44. The van der Waals surface area contributed by atoms with Gasteiger partial charge in [0.2, 0.25) is 0 Å². The van der Waals surface area contributed by atoms with Gasteiger partial charge in [-0.05, 0) is 116 Å². The molecule has 4 aromatic rings. The normalized spacial score (nSPS) is 12.4. The number of likely N-dealkylation sites (N-methyl/N-ethyl adjacent to an activating group) is 1. The Morgan fingerprint density at radius 2 is 1.50 bits per heavy atom. The summed E-state index contributed by atoms with van der Waals surface area (Å²) in [6.07, 6.45) is -6.03. The molecule has 44 heavy (non-hydrogen) atoms. The van der Waals surface area contributed by atoms with Crippen LogP contribution in [-0.4, -0.2) is 70.0 Å². The average molecular weight is 637 g/mol. The van der Waals surface area contributed by atoms with Crippen molar-refractivity contribution in [3.63, 3.8) is 0 Å². The zero-order valence-corrected chi connectivity index (χ0v) is 25.5. The minimum atomic E-state index is -5.48. The number of nitrogens with zero attached hydrogens (tertiary/aromatic N) is 2. The summed E-state index contributed by atoms with van der Waals surface area (Å²) >= 11 is 1.39. The van der Waals surface area contributed by atoms with Crippen LogP contribution in [0, 0.1) is 6.92 Å². The molecule has 0 aliphatic carbocycles. The van der Waals surface area contributed by atoms with Crippen LogP contribution in [0.5, 0.6) is 17.2 Å². The highest BCUT2D eigenvalue weighted by atomic mass is 32.2. The molecule has 1 heterocycles. The van der Waals surface area contributed by atoms with Crippen LogP contribution in [0.2, 0.25) is 0 Å². The number of rotatable bonds is 15. The van der Waals surface area contributed by atoms with Crippen molar-refractivity contribution in [1.82, 2.24) is 9.47 Å². The van der Waals surface area contributed by atoms with Crippen molar-refractivity contribution >= 4 is 22.7 Å². The predicted molar refractivity (Wildman–Crippen MR) is 166 cm³/mol. The molecule has 0 saturated heterocycles. The summed E-state index contributed by atoms with van der Waals surface area (Å²) in [6.45, 7) is 4.54. The number of aromatic nitrogens is 1. The van der Waals surface area contributed by atoms with E-state index in [0.717, 1.165) is 52.0 Å². The van der Waals surface area contributed by atoms with E-state index in [-0.39, 0.29) is 23.7 Å². The van der Waals surface area contributed by atoms with Gasteiger partial charge in [0.25, 0.3) is 0 Å². The van der Waals surface area contributed by atoms with E-state index in [4.69, 9.17) is 4.74 Å². The minimum absolute atomic E-state index is 0.175. The van der Waals surface area contributed by atoms with Crippen molar-refractivity contribution < 1.29 is 36.9 Å². The molecule has 0 fully saturated rings. The highest BCUT2D eigenvalue weighted by Crippen LogP contribution is 2.39. The van der Waals surface area contributed by atoms with E-state index in [0.29, 0.717) is 25.4 Å². The van der Waals surface area contributed by atoms with Crippen LogP contribution in [0.1, 0.15) is 30.4 Å². The fourth-order valence-corrected chi connectivity index (χ4v) is 5.93. The molecule has 238 valence electrons. The number of aryl methyl sites for hydroxylation is 1. The first-order valence-electron chi connectivity index (χ1n) is 14.4. The Morgan fingerprint density at radius 3 is 2.18 bits per heavy atom. The molecule has 0 unspecified atom stereocenters. The molecule has 0 aliphatic rings. The molecule has 0 saturated carbocycles. The lowest BCUT2D eigenvalue weighted by atomic mass is 10.1. The number of hydrogen-bond acceptors (Lipinski definition) is 5. The Balaban J connectivity index is 1.24. The molecule has 0 amide bonds. The smallest absolute Gasteiger partial charge is 0.453 e. The molecule has 0 radical (unpaired) electrons. The summed E-state index contributed by atoms with van der Waals surface area (Å²) in [4.78, 5) is 2.09. The average Bonchev–Trinajstić information content (AvgIpc) is 3.23. The van der Waals surface area contributed by atoms with Gasteiger partial charge in [-0.25, -0.2) is 0 Å². The number of alkyl halides is 5. The maximum atomic E-state index is 12.9. The SMILES string of the molecule is Cc1c(-c2ccc(O)cc2)n(Cc2ccc(OCCN(C)CCCSCCCC(F)(F)C(F)(F)F)cc2)c2ccc(O)cc12. The number of ether oxygens (including phenoxy) is 1. The van der Waals surface area contributed by atoms with Crippen molar-refractivity contribution in [3.8, 4) is 28.5 Å². The fourth-order valence-electron chi connectivity index (χ4n) is 5.05. The third-order valence-electron chi connectivity index (χ3n) is 7.47. The van der Waals surface area contributed by atoms with Crippen molar-refractivity contribution in [2.45, 2.75) is 44.8 Å². The van der Waals surface area contributed by atoms with Crippen LogP contribution in [0.4, 0.5) is 22.0 Å². The summed E-state index contributed by atoms with van der Waals surface area (Å²) in [7, 11) is 1.95. The van der Waals surface area contributed by atoms with Gasteiger partial charge >= 0.3 is 12.1 Å². The van der Waals surface area contributed by atoms with Crippen LogP contribution in [0.25, 0.3) is 22.2 Å². The Bertz CT molecular complexity index is 1510. The number of halogens is 5. The molecule has 5 nitrogen and oxygen atoms in total. The number of aromatic hydroxyl groups is 2. The first-order valence-corrected chi connectivity index (χ1v) is 15.5. The van der Waals surface area contributed by atoms with E-state index in [9.17, 15) is 32.2 Å². The topological polar surface area (TPSA) is 57.9 Å². The molecule has 0 aliphatic heterocycles. The fraction of sp³-hybridized carbons (Fsp3) is 0.394. The molecule has 3 aromatic carbocycles. The minimum Gasteiger partial charge on any atom is -0.508 e. The zero-order chi connectivity index (χ0) is 31.9. The summed E-state index contributed by atoms with van der Waals surface area (Å²) in [5.74, 6) is -2.51. The molecular formula is C33H37F5N2O3S. The Morgan fingerprint density at radius 1 is 0.841 bits per heavy atom. The first kappa shape index (κ1) is 33.5. The van der Waals surface area contributed by atoms with Crippen molar-refractivity contribution in [1.29, 1.82) is 0 Å². The molecule has 0 bridgehead atoms. The number of thioether (sulfide) groups is 1. The summed E-state index contributed by atoms with van der Waals surface area (Å²) in [5.41, 5.74) is 5.07. The lowest BCUT2D eigenvalue weighted by molar-refractivity contribution is -0.284. The summed E-state index contributed by atoms with van der Waals surface area (Å²) in [6, 6.07) is 20.3. The van der Waals surface area contributed by atoms with E-state index in [2.05, 4.69) is 9.47 Å². The van der Waals surface area contributed by atoms with Crippen LogP contribution < -0.4 is 4.74 Å². The monoisotopic (exact) mass is 636 g/mol. The van der Waals surface area contributed by atoms with Crippen LogP contribution in [-0.2, 0) is 6.54 Å². The third kappa shape index (κ3) is 8.59. The number of phenolic OH excluding ortho intramolecular Hbond substituents is 2. The lowest BCUT2D eigenvalue weighted by Gasteiger charge is -2.19. The number of hydrogen-bond donors (Lipinski definition) is 2. The van der Waals surface area contributed by atoms with Gasteiger partial charge in [-0.1, -0.05) is 12.1 Å². The van der Waals surface area contributed by atoms with Gasteiger partial charge in [0.15, 0.2) is 0 Å². The van der Waals surface area contributed by atoms with Crippen molar-refractivity contribution in [3.05, 3.63) is 77.9 Å². The maximum absolute atomic E-state index is 12.9.